The van der Waals surface area contributed by atoms with E-state index in [1.54, 1.807) is 0 Å². The van der Waals surface area contributed by atoms with E-state index in [9.17, 15) is 0 Å². The first-order valence-electron chi connectivity index (χ1n) is 7.76. The molecule has 1 heterocycles. The summed E-state index contributed by atoms with van der Waals surface area (Å²) in [6, 6.07) is 1.03. The highest BCUT2D eigenvalue weighted by Gasteiger charge is 2.25. The van der Waals surface area contributed by atoms with Gasteiger partial charge in [0, 0.05) is 25.7 Å². The normalized spacial score (nSPS) is 23.5. The van der Waals surface area contributed by atoms with Crippen LogP contribution in [0.4, 0.5) is 0 Å². The van der Waals surface area contributed by atoms with E-state index in [-0.39, 0.29) is 0 Å². The van der Waals surface area contributed by atoms with Crippen LogP contribution in [-0.2, 0) is 20.0 Å². The minimum atomic E-state index is 0.400. The SMILES string of the molecule is CCc1nn(C)c(CN(CC)C2CCC(N)CC2)c1Cl. The van der Waals surface area contributed by atoms with E-state index in [1.807, 2.05) is 11.7 Å². The maximum Gasteiger partial charge on any atom is 0.0863 e. The smallest absolute Gasteiger partial charge is 0.0863 e. The molecule has 0 atom stereocenters. The number of hydrogen-bond acceptors (Lipinski definition) is 3. The molecule has 0 aliphatic heterocycles. The summed E-state index contributed by atoms with van der Waals surface area (Å²) in [5.74, 6) is 0. The molecule has 20 heavy (non-hydrogen) atoms. The molecule has 4 nitrogen and oxygen atoms in total. The predicted octanol–water partition coefficient (Wildman–Crippen LogP) is 2.73. The fourth-order valence-electron chi connectivity index (χ4n) is 3.15. The number of aromatic nitrogens is 2. The molecule has 114 valence electrons. The van der Waals surface area contributed by atoms with Crippen molar-refractivity contribution in [1.82, 2.24) is 14.7 Å². The molecule has 0 spiro atoms. The van der Waals surface area contributed by atoms with Crippen molar-refractivity contribution < 1.29 is 0 Å². The van der Waals surface area contributed by atoms with Crippen LogP contribution in [0.5, 0.6) is 0 Å². The first-order valence-corrected chi connectivity index (χ1v) is 8.14. The summed E-state index contributed by atoms with van der Waals surface area (Å²) in [5.41, 5.74) is 8.15. The van der Waals surface area contributed by atoms with E-state index in [2.05, 4.69) is 23.8 Å². The summed E-state index contributed by atoms with van der Waals surface area (Å²) in [4.78, 5) is 2.52. The zero-order valence-electron chi connectivity index (χ0n) is 12.9. The van der Waals surface area contributed by atoms with Gasteiger partial charge in [-0.15, -0.1) is 0 Å². The van der Waals surface area contributed by atoms with Crippen molar-refractivity contribution in [2.45, 2.75) is 64.6 Å². The highest BCUT2D eigenvalue weighted by atomic mass is 35.5. The molecule has 1 saturated carbocycles. The summed E-state index contributed by atoms with van der Waals surface area (Å²) in [7, 11) is 1.99. The van der Waals surface area contributed by atoms with E-state index >= 15 is 0 Å². The first-order chi connectivity index (χ1) is 9.56. The van der Waals surface area contributed by atoms with Crippen LogP contribution in [0.3, 0.4) is 0 Å². The zero-order chi connectivity index (χ0) is 14.7. The highest BCUT2D eigenvalue weighted by molar-refractivity contribution is 6.31. The van der Waals surface area contributed by atoms with Crippen LogP contribution in [0.25, 0.3) is 0 Å². The molecule has 1 aliphatic carbocycles. The van der Waals surface area contributed by atoms with Crippen molar-refractivity contribution in [3.63, 3.8) is 0 Å². The van der Waals surface area contributed by atoms with Crippen LogP contribution in [0.2, 0.25) is 5.02 Å². The van der Waals surface area contributed by atoms with Crippen LogP contribution in [-0.4, -0.2) is 33.3 Å². The Morgan fingerprint density at radius 1 is 1.30 bits per heavy atom. The van der Waals surface area contributed by atoms with Crippen LogP contribution in [0.1, 0.15) is 50.9 Å². The Kier molecular flexibility index (Phi) is 5.47. The Bertz CT molecular complexity index is 435. The average Bonchev–Trinajstić information content (AvgIpc) is 2.72. The molecule has 2 N–H and O–H groups in total. The molecule has 1 aromatic rings. The number of hydrogen-bond donors (Lipinski definition) is 1. The summed E-state index contributed by atoms with van der Waals surface area (Å²) < 4.78 is 1.94. The summed E-state index contributed by atoms with van der Waals surface area (Å²) >= 11 is 6.46. The zero-order valence-corrected chi connectivity index (χ0v) is 13.7. The third-order valence-electron chi connectivity index (χ3n) is 4.52. The molecule has 1 fully saturated rings. The van der Waals surface area contributed by atoms with Gasteiger partial charge >= 0.3 is 0 Å². The van der Waals surface area contributed by atoms with Crippen LogP contribution >= 0.6 is 11.6 Å². The average molecular weight is 299 g/mol. The fourth-order valence-corrected chi connectivity index (χ4v) is 3.50. The van der Waals surface area contributed by atoms with Crippen molar-refractivity contribution in [3.8, 4) is 0 Å². The fraction of sp³-hybridized carbons (Fsp3) is 0.800. The van der Waals surface area contributed by atoms with Gasteiger partial charge in [-0.2, -0.15) is 5.10 Å². The Balaban J connectivity index is 2.08. The number of nitrogens with two attached hydrogens (primary N) is 1. The van der Waals surface area contributed by atoms with E-state index in [1.165, 1.54) is 12.8 Å². The molecule has 0 radical (unpaired) electrons. The lowest BCUT2D eigenvalue weighted by Crippen LogP contribution is -2.40. The molecule has 0 saturated heterocycles. The van der Waals surface area contributed by atoms with Crippen LogP contribution in [0, 0.1) is 0 Å². The van der Waals surface area contributed by atoms with Gasteiger partial charge in [0.1, 0.15) is 0 Å². The van der Waals surface area contributed by atoms with Gasteiger partial charge in [-0.3, -0.25) is 9.58 Å². The number of rotatable bonds is 5. The quantitative estimate of drug-likeness (QED) is 0.909. The highest BCUT2D eigenvalue weighted by Crippen LogP contribution is 2.27. The second-order valence-corrected chi connectivity index (χ2v) is 6.19. The maximum atomic E-state index is 6.46. The summed E-state index contributed by atoms with van der Waals surface area (Å²) in [5, 5.41) is 5.36. The van der Waals surface area contributed by atoms with Crippen molar-refractivity contribution in [1.29, 1.82) is 0 Å². The van der Waals surface area contributed by atoms with E-state index in [0.29, 0.717) is 12.1 Å². The molecular weight excluding hydrogens is 272 g/mol. The van der Waals surface area contributed by atoms with E-state index in [4.69, 9.17) is 17.3 Å². The Labute approximate surface area is 127 Å². The molecule has 0 amide bonds. The molecule has 1 aromatic heterocycles. The van der Waals surface area contributed by atoms with Crippen molar-refractivity contribution in [3.05, 3.63) is 16.4 Å². The van der Waals surface area contributed by atoms with Gasteiger partial charge in [-0.1, -0.05) is 25.4 Å². The van der Waals surface area contributed by atoms with Gasteiger partial charge in [-0.25, -0.2) is 0 Å². The van der Waals surface area contributed by atoms with E-state index < -0.39 is 0 Å². The molecule has 0 bridgehead atoms. The third kappa shape index (κ3) is 3.35. The monoisotopic (exact) mass is 298 g/mol. The number of halogens is 1. The predicted molar refractivity (Wildman–Crippen MR) is 83.9 cm³/mol. The lowest BCUT2D eigenvalue weighted by Gasteiger charge is -2.35. The van der Waals surface area contributed by atoms with E-state index in [0.717, 1.165) is 48.8 Å². The van der Waals surface area contributed by atoms with Crippen molar-refractivity contribution in [2.24, 2.45) is 12.8 Å². The molecule has 5 heteroatoms. The first kappa shape index (κ1) is 15.8. The molecule has 0 aromatic carbocycles. The molecular formula is C15H27ClN4. The lowest BCUT2D eigenvalue weighted by molar-refractivity contribution is 0.146. The van der Waals surface area contributed by atoms with Gasteiger partial charge in [-0.05, 0) is 38.6 Å². The van der Waals surface area contributed by atoms with Gasteiger partial charge in [0.25, 0.3) is 0 Å². The van der Waals surface area contributed by atoms with Gasteiger partial charge in [0.2, 0.25) is 0 Å². The van der Waals surface area contributed by atoms with Crippen LogP contribution < -0.4 is 5.73 Å². The standard InChI is InChI=1S/C15H27ClN4/c1-4-13-15(16)14(19(3)18-13)10-20(5-2)12-8-6-11(17)7-9-12/h11-12H,4-10,17H2,1-3H3. The molecule has 2 rings (SSSR count). The maximum absolute atomic E-state index is 6.46. The molecule has 0 unspecified atom stereocenters. The van der Waals surface area contributed by atoms with Gasteiger partial charge in [0.15, 0.2) is 0 Å². The number of nitrogens with zero attached hydrogens (tertiary/aromatic N) is 3. The Morgan fingerprint density at radius 2 is 1.95 bits per heavy atom. The third-order valence-corrected chi connectivity index (χ3v) is 4.96. The second kappa shape index (κ2) is 6.92. The van der Waals surface area contributed by atoms with Crippen molar-refractivity contribution >= 4 is 11.6 Å². The summed E-state index contributed by atoms with van der Waals surface area (Å²) in [6.45, 7) is 6.25. The molecule has 1 aliphatic rings. The largest absolute Gasteiger partial charge is 0.328 e. The van der Waals surface area contributed by atoms with Crippen LogP contribution in [0.15, 0.2) is 0 Å². The Hall–Kier alpha value is -0.580. The van der Waals surface area contributed by atoms with Gasteiger partial charge < -0.3 is 5.73 Å². The lowest BCUT2D eigenvalue weighted by atomic mass is 9.90. The Morgan fingerprint density at radius 3 is 2.45 bits per heavy atom. The minimum absolute atomic E-state index is 0.400. The minimum Gasteiger partial charge on any atom is -0.328 e. The topological polar surface area (TPSA) is 47.1 Å². The summed E-state index contributed by atoms with van der Waals surface area (Å²) in [6.07, 6.45) is 5.56. The van der Waals surface area contributed by atoms with Crippen molar-refractivity contribution in [2.75, 3.05) is 6.54 Å². The van der Waals surface area contributed by atoms with Gasteiger partial charge in [0.05, 0.1) is 16.4 Å². The number of aryl methyl sites for hydroxylation is 2. The second-order valence-electron chi connectivity index (χ2n) is 5.82.